The molecule has 152 valence electrons. The number of methoxy groups -OCH3 is 1. The molecule has 0 bridgehead atoms. The molecule has 0 unspecified atom stereocenters. The van der Waals surface area contributed by atoms with Crippen LogP contribution in [0.3, 0.4) is 0 Å². The van der Waals surface area contributed by atoms with Crippen molar-refractivity contribution in [3.63, 3.8) is 0 Å². The molecule has 1 fully saturated rings. The third-order valence-corrected chi connectivity index (χ3v) is 5.58. The molecule has 0 saturated heterocycles. The molecule has 30 heavy (non-hydrogen) atoms. The summed E-state index contributed by atoms with van der Waals surface area (Å²) in [6.45, 7) is 2.47. The first-order chi connectivity index (χ1) is 14.6. The van der Waals surface area contributed by atoms with Gasteiger partial charge >= 0.3 is 0 Å². The standard InChI is InChI=1S/C23H22N4O3/c1-3-27-20-15(12-25-21-18(20)6-7-24-21)11-19(23(27)29)13-8-14(10-17(9-13)30-2)22(28)26-16-4-5-16/h6-12,16H,3-5H2,1-2H3,(H,24,25)(H,26,28). The van der Waals surface area contributed by atoms with Gasteiger partial charge in [0.2, 0.25) is 0 Å². The van der Waals surface area contributed by atoms with Crippen LogP contribution >= 0.6 is 0 Å². The molecular formula is C23H22N4O3. The number of carbonyl (C=O) groups excluding carboxylic acids is 1. The summed E-state index contributed by atoms with van der Waals surface area (Å²) in [6.07, 6.45) is 5.61. The van der Waals surface area contributed by atoms with Crippen LogP contribution in [0.1, 0.15) is 30.1 Å². The zero-order chi connectivity index (χ0) is 20.8. The number of aromatic nitrogens is 3. The van der Waals surface area contributed by atoms with E-state index in [1.807, 2.05) is 25.3 Å². The normalized spacial score (nSPS) is 13.7. The molecule has 7 heteroatoms. The monoisotopic (exact) mass is 402 g/mol. The van der Waals surface area contributed by atoms with Crippen LogP contribution in [0.2, 0.25) is 0 Å². The number of aromatic amines is 1. The first-order valence-corrected chi connectivity index (χ1v) is 10.1. The van der Waals surface area contributed by atoms with Gasteiger partial charge in [0.05, 0.1) is 12.6 Å². The van der Waals surface area contributed by atoms with E-state index in [0.717, 1.165) is 34.8 Å². The predicted octanol–water partition coefficient (Wildman–Crippen LogP) is 3.47. The highest BCUT2D eigenvalue weighted by atomic mass is 16.5. The fraction of sp³-hybridized carbons (Fsp3) is 0.261. The van der Waals surface area contributed by atoms with Gasteiger partial charge in [0.25, 0.3) is 11.5 Å². The Bertz CT molecular complexity index is 1350. The number of fused-ring (bicyclic) bond motifs is 3. The van der Waals surface area contributed by atoms with E-state index in [0.29, 0.717) is 29.0 Å². The largest absolute Gasteiger partial charge is 0.497 e. The third kappa shape index (κ3) is 3.03. The smallest absolute Gasteiger partial charge is 0.258 e. The minimum Gasteiger partial charge on any atom is -0.497 e. The van der Waals surface area contributed by atoms with Crippen molar-refractivity contribution in [2.45, 2.75) is 32.4 Å². The molecule has 1 amide bonds. The number of nitrogens with zero attached hydrogens (tertiary/aromatic N) is 2. The third-order valence-electron chi connectivity index (χ3n) is 5.58. The number of nitrogens with one attached hydrogen (secondary N) is 2. The molecule has 5 rings (SSSR count). The Morgan fingerprint density at radius 1 is 1.30 bits per heavy atom. The quantitative estimate of drug-likeness (QED) is 0.535. The average Bonchev–Trinajstić information content (AvgIpc) is 3.44. The maximum absolute atomic E-state index is 13.4. The van der Waals surface area contributed by atoms with Gasteiger partial charge in [0.1, 0.15) is 11.4 Å². The Kier molecular flexibility index (Phi) is 4.31. The second kappa shape index (κ2) is 7.02. The molecule has 3 heterocycles. The summed E-state index contributed by atoms with van der Waals surface area (Å²) in [7, 11) is 1.55. The van der Waals surface area contributed by atoms with E-state index in [1.165, 1.54) is 0 Å². The lowest BCUT2D eigenvalue weighted by Crippen LogP contribution is -2.25. The highest BCUT2D eigenvalue weighted by Crippen LogP contribution is 2.29. The van der Waals surface area contributed by atoms with Crippen molar-refractivity contribution in [1.82, 2.24) is 19.9 Å². The second-order valence-corrected chi connectivity index (χ2v) is 7.61. The van der Waals surface area contributed by atoms with E-state index in [-0.39, 0.29) is 17.5 Å². The fourth-order valence-corrected chi connectivity index (χ4v) is 3.89. The van der Waals surface area contributed by atoms with E-state index in [9.17, 15) is 9.59 Å². The van der Waals surface area contributed by atoms with E-state index in [1.54, 1.807) is 36.1 Å². The molecular weight excluding hydrogens is 380 g/mol. The molecule has 1 aliphatic rings. The molecule has 1 aliphatic carbocycles. The number of H-pyrrole nitrogens is 1. The van der Waals surface area contributed by atoms with E-state index in [2.05, 4.69) is 15.3 Å². The van der Waals surface area contributed by atoms with E-state index >= 15 is 0 Å². The number of ether oxygens (including phenoxy) is 1. The van der Waals surface area contributed by atoms with Crippen molar-refractivity contribution in [1.29, 1.82) is 0 Å². The van der Waals surface area contributed by atoms with Crippen LogP contribution < -0.4 is 15.6 Å². The maximum atomic E-state index is 13.4. The SMILES string of the molecule is CCn1c(=O)c(-c2cc(OC)cc(C(=O)NC3CC3)c2)cc2cnc3[nH]ccc3c21. The van der Waals surface area contributed by atoms with Crippen LogP contribution in [-0.2, 0) is 6.54 Å². The zero-order valence-corrected chi connectivity index (χ0v) is 16.9. The van der Waals surface area contributed by atoms with Crippen LogP contribution in [0.15, 0.2) is 47.5 Å². The van der Waals surface area contributed by atoms with Crippen molar-refractivity contribution < 1.29 is 9.53 Å². The number of hydrogen-bond donors (Lipinski definition) is 2. The molecule has 0 spiro atoms. The Morgan fingerprint density at radius 2 is 2.13 bits per heavy atom. The summed E-state index contributed by atoms with van der Waals surface area (Å²) in [6, 6.07) is 9.28. The topological polar surface area (TPSA) is 89.0 Å². The Balaban J connectivity index is 1.72. The second-order valence-electron chi connectivity index (χ2n) is 7.61. The van der Waals surface area contributed by atoms with Gasteiger partial charge in [-0.3, -0.25) is 9.59 Å². The Labute approximate surface area is 172 Å². The first kappa shape index (κ1) is 18.4. The highest BCUT2D eigenvalue weighted by molar-refractivity contribution is 6.03. The minimum atomic E-state index is -0.148. The number of aryl methyl sites for hydroxylation is 1. The summed E-state index contributed by atoms with van der Waals surface area (Å²) in [4.78, 5) is 33.6. The van der Waals surface area contributed by atoms with E-state index < -0.39 is 0 Å². The molecule has 0 aliphatic heterocycles. The molecule has 3 aromatic heterocycles. The number of carbonyl (C=O) groups is 1. The highest BCUT2D eigenvalue weighted by Gasteiger charge is 2.24. The summed E-state index contributed by atoms with van der Waals surface area (Å²) < 4.78 is 7.17. The first-order valence-electron chi connectivity index (χ1n) is 10.1. The summed E-state index contributed by atoms with van der Waals surface area (Å²) in [5, 5.41) is 4.77. The van der Waals surface area contributed by atoms with Crippen LogP contribution in [0.5, 0.6) is 5.75 Å². The Hall–Kier alpha value is -3.61. The van der Waals surface area contributed by atoms with Crippen molar-refractivity contribution in [3.8, 4) is 16.9 Å². The summed E-state index contributed by atoms with van der Waals surface area (Å²) in [5.74, 6) is 0.389. The number of amides is 1. The predicted molar refractivity (Wildman–Crippen MR) is 116 cm³/mol. The van der Waals surface area contributed by atoms with Crippen molar-refractivity contribution in [3.05, 3.63) is 58.6 Å². The summed E-state index contributed by atoms with van der Waals surface area (Å²) in [5.41, 5.74) is 3.14. The molecule has 0 atom stereocenters. The number of rotatable bonds is 5. The fourth-order valence-electron chi connectivity index (χ4n) is 3.89. The number of hydrogen-bond acceptors (Lipinski definition) is 4. The van der Waals surface area contributed by atoms with Gasteiger partial charge in [-0.05, 0) is 55.7 Å². The van der Waals surface area contributed by atoms with Crippen LogP contribution in [-0.4, -0.2) is 33.6 Å². The summed E-state index contributed by atoms with van der Waals surface area (Å²) >= 11 is 0. The van der Waals surface area contributed by atoms with Gasteiger partial charge in [0, 0.05) is 46.9 Å². The average molecular weight is 402 g/mol. The number of pyridine rings is 2. The van der Waals surface area contributed by atoms with Crippen molar-refractivity contribution >= 4 is 27.8 Å². The lowest BCUT2D eigenvalue weighted by Gasteiger charge is -2.14. The Morgan fingerprint density at radius 3 is 2.87 bits per heavy atom. The molecule has 1 saturated carbocycles. The van der Waals surface area contributed by atoms with Gasteiger partial charge in [-0.1, -0.05) is 0 Å². The van der Waals surface area contributed by atoms with Gasteiger partial charge in [-0.25, -0.2) is 4.98 Å². The number of benzene rings is 1. The van der Waals surface area contributed by atoms with Crippen LogP contribution in [0.25, 0.3) is 33.1 Å². The molecule has 2 N–H and O–H groups in total. The van der Waals surface area contributed by atoms with Gasteiger partial charge in [-0.15, -0.1) is 0 Å². The zero-order valence-electron chi connectivity index (χ0n) is 16.9. The van der Waals surface area contributed by atoms with Gasteiger partial charge in [0.15, 0.2) is 0 Å². The molecule has 4 aromatic rings. The lowest BCUT2D eigenvalue weighted by molar-refractivity contribution is 0.0950. The van der Waals surface area contributed by atoms with Crippen LogP contribution in [0, 0.1) is 0 Å². The van der Waals surface area contributed by atoms with Crippen molar-refractivity contribution in [2.24, 2.45) is 0 Å². The maximum Gasteiger partial charge on any atom is 0.258 e. The minimum absolute atomic E-state index is 0.111. The van der Waals surface area contributed by atoms with Gasteiger partial charge in [-0.2, -0.15) is 0 Å². The molecule has 7 nitrogen and oxygen atoms in total. The molecule has 1 aromatic carbocycles. The lowest BCUT2D eigenvalue weighted by atomic mass is 10.0. The van der Waals surface area contributed by atoms with Crippen LogP contribution in [0.4, 0.5) is 0 Å². The molecule has 0 radical (unpaired) electrons. The van der Waals surface area contributed by atoms with Gasteiger partial charge < -0.3 is 19.6 Å². The van der Waals surface area contributed by atoms with Crippen molar-refractivity contribution in [2.75, 3.05) is 7.11 Å². The van der Waals surface area contributed by atoms with E-state index in [4.69, 9.17) is 4.74 Å².